The molecule has 1 aliphatic carbocycles. The Bertz CT molecular complexity index is 678. The third-order valence-corrected chi connectivity index (χ3v) is 4.56. The van der Waals surface area contributed by atoms with Gasteiger partial charge in [-0.15, -0.1) is 0 Å². The molecule has 3 rings (SSSR count). The molecular formula is C19H24N2O2. The van der Waals surface area contributed by atoms with Crippen LogP contribution in [0, 0.1) is 0 Å². The fourth-order valence-corrected chi connectivity index (χ4v) is 3.38. The number of carbonyl (C=O) groups excluding carboxylic acids is 1. The van der Waals surface area contributed by atoms with Crippen molar-refractivity contribution in [3.8, 4) is 0 Å². The van der Waals surface area contributed by atoms with Crippen LogP contribution in [0.15, 0.2) is 40.8 Å². The quantitative estimate of drug-likeness (QED) is 0.922. The molecule has 1 heterocycles. The van der Waals surface area contributed by atoms with E-state index in [9.17, 15) is 4.79 Å². The smallest absolute Gasteiger partial charge is 0.289 e. The molecule has 4 nitrogen and oxygen atoms in total. The lowest BCUT2D eigenvalue weighted by atomic mass is 9.87. The highest BCUT2D eigenvalue weighted by Gasteiger charge is 2.29. The molecule has 0 unspecified atom stereocenters. The van der Waals surface area contributed by atoms with Crippen LogP contribution >= 0.6 is 0 Å². The maximum Gasteiger partial charge on any atom is 0.289 e. The molecule has 0 saturated heterocycles. The van der Waals surface area contributed by atoms with Crippen LogP contribution in [0.5, 0.6) is 0 Å². The maximum atomic E-state index is 12.9. The first-order chi connectivity index (χ1) is 11.2. The Morgan fingerprint density at radius 3 is 2.74 bits per heavy atom. The summed E-state index contributed by atoms with van der Waals surface area (Å²) in [5.74, 6) is 1.03. The van der Waals surface area contributed by atoms with Crippen LogP contribution in [-0.4, -0.2) is 23.4 Å². The molecule has 2 aromatic rings. The number of rotatable bonds is 5. The van der Waals surface area contributed by atoms with Crippen LogP contribution in [0.4, 0.5) is 0 Å². The number of hydrogen-bond acceptors (Lipinski definition) is 3. The van der Waals surface area contributed by atoms with Gasteiger partial charge in [-0.25, -0.2) is 0 Å². The molecule has 0 spiro atoms. The predicted octanol–water partition coefficient (Wildman–Crippen LogP) is 3.15. The average molecular weight is 312 g/mol. The minimum Gasteiger partial charge on any atom is -0.455 e. The molecule has 4 heteroatoms. The zero-order chi connectivity index (χ0) is 16.2. The molecule has 0 radical (unpaired) electrons. The van der Waals surface area contributed by atoms with Gasteiger partial charge in [-0.3, -0.25) is 4.79 Å². The van der Waals surface area contributed by atoms with Crippen molar-refractivity contribution in [1.29, 1.82) is 0 Å². The first-order valence-electron chi connectivity index (χ1n) is 8.39. The number of furan rings is 1. The number of benzene rings is 1. The van der Waals surface area contributed by atoms with Gasteiger partial charge in [0.15, 0.2) is 5.76 Å². The summed E-state index contributed by atoms with van der Waals surface area (Å²) in [7, 11) is 0. The molecule has 23 heavy (non-hydrogen) atoms. The number of nitrogens with zero attached hydrogens (tertiary/aromatic N) is 1. The lowest BCUT2D eigenvalue weighted by Gasteiger charge is -2.34. The minimum absolute atomic E-state index is 0.0177. The van der Waals surface area contributed by atoms with E-state index in [0.29, 0.717) is 18.1 Å². The van der Waals surface area contributed by atoms with Gasteiger partial charge >= 0.3 is 0 Å². The van der Waals surface area contributed by atoms with Gasteiger partial charge in [0.25, 0.3) is 5.91 Å². The summed E-state index contributed by atoms with van der Waals surface area (Å²) < 4.78 is 5.57. The van der Waals surface area contributed by atoms with Crippen LogP contribution in [0.1, 0.15) is 47.2 Å². The second-order valence-electron chi connectivity index (χ2n) is 6.13. The Labute approximate surface area is 137 Å². The third kappa shape index (κ3) is 3.32. The van der Waals surface area contributed by atoms with Gasteiger partial charge in [0.2, 0.25) is 0 Å². The highest BCUT2D eigenvalue weighted by Crippen LogP contribution is 2.26. The number of nitrogens with two attached hydrogens (primary N) is 1. The van der Waals surface area contributed by atoms with E-state index in [1.54, 1.807) is 12.1 Å². The van der Waals surface area contributed by atoms with Crippen molar-refractivity contribution in [3.05, 3.63) is 59.0 Å². The highest BCUT2D eigenvalue weighted by atomic mass is 16.4. The third-order valence-electron chi connectivity index (χ3n) is 4.56. The summed E-state index contributed by atoms with van der Waals surface area (Å²) in [6.45, 7) is 3.17. The van der Waals surface area contributed by atoms with Crippen LogP contribution in [0.25, 0.3) is 0 Å². The number of carbonyl (C=O) groups is 1. The summed E-state index contributed by atoms with van der Waals surface area (Å²) in [6.07, 6.45) is 3.90. The Morgan fingerprint density at radius 1 is 1.26 bits per heavy atom. The molecule has 122 valence electrons. The van der Waals surface area contributed by atoms with Crippen molar-refractivity contribution < 1.29 is 9.21 Å². The standard InChI is InChI=1S/C19H24N2O2/c1-2-11-21(19(22)18-10-9-17(13-20)23-18)16-8-7-14-5-3-4-6-15(14)12-16/h3-6,9-10,16H,2,7-8,11-13,20H2,1H3/t16-/m0/s1. The van der Waals surface area contributed by atoms with Gasteiger partial charge in [0.05, 0.1) is 6.54 Å². The van der Waals surface area contributed by atoms with Gasteiger partial charge < -0.3 is 15.1 Å². The Hall–Kier alpha value is -2.07. The topological polar surface area (TPSA) is 59.5 Å². The van der Waals surface area contributed by atoms with Crippen molar-refractivity contribution in [1.82, 2.24) is 4.90 Å². The molecule has 0 fully saturated rings. The summed E-state index contributed by atoms with van der Waals surface area (Å²) in [5, 5.41) is 0. The molecular weight excluding hydrogens is 288 g/mol. The molecule has 0 bridgehead atoms. The minimum atomic E-state index is -0.0177. The van der Waals surface area contributed by atoms with Gasteiger partial charge in [-0.1, -0.05) is 31.2 Å². The fourth-order valence-electron chi connectivity index (χ4n) is 3.38. The lowest BCUT2D eigenvalue weighted by molar-refractivity contribution is 0.0627. The van der Waals surface area contributed by atoms with E-state index in [1.165, 1.54) is 11.1 Å². The lowest BCUT2D eigenvalue weighted by Crippen LogP contribution is -2.43. The van der Waals surface area contributed by atoms with E-state index in [-0.39, 0.29) is 11.9 Å². The molecule has 2 N–H and O–H groups in total. The Kier molecular flexibility index (Phi) is 4.82. The second kappa shape index (κ2) is 7.01. The Morgan fingerprint density at radius 2 is 2.04 bits per heavy atom. The van der Waals surface area contributed by atoms with E-state index in [2.05, 4.69) is 31.2 Å². The number of amides is 1. The predicted molar refractivity (Wildman–Crippen MR) is 90.2 cm³/mol. The fraction of sp³-hybridized carbons (Fsp3) is 0.421. The van der Waals surface area contributed by atoms with Gasteiger partial charge in [0.1, 0.15) is 5.76 Å². The molecule has 1 aromatic carbocycles. The highest BCUT2D eigenvalue weighted by molar-refractivity contribution is 5.91. The van der Waals surface area contributed by atoms with Crippen molar-refractivity contribution in [2.45, 2.75) is 45.2 Å². The molecule has 1 atom stereocenters. The van der Waals surface area contributed by atoms with Gasteiger partial charge in [-0.2, -0.15) is 0 Å². The number of fused-ring (bicyclic) bond motifs is 1. The molecule has 1 amide bonds. The largest absolute Gasteiger partial charge is 0.455 e. The zero-order valence-electron chi connectivity index (χ0n) is 13.6. The summed E-state index contributed by atoms with van der Waals surface area (Å²) in [4.78, 5) is 14.8. The first-order valence-corrected chi connectivity index (χ1v) is 8.39. The number of aryl methyl sites for hydroxylation is 1. The monoisotopic (exact) mass is 312 g/mol. The molecule has 1 aliphatic rings. The van der Waals surface area contributed by atoms with E-state index < -0.39 is 0 Å². The normalized spacial score (nSPS) is 16.9. The average Bonchev–Trinajstić information content (AvgIpc) is 3.08. The van der Waals surface area contributed by atoms with Crippen molar-refractivity contribution in [3.63, 3.8) is 0 Å². The zero-order valence-corrected chi connectivity index (χ0v) is 13.6. The first kappa shape index (κ1) is 15.8. The molecule has 0 aliphatic heterocycles. The Balaban J connectivity index is 1.80. The van der Waals surface area contributed by atoms with Crippen LogP contribution < -0.4 is 5.73 Å². The molecule has 0 saturated carbocycles. The summed E-state index contributed by atoms with van der Waals surface area (Å²) >= 11 is 0. The van der Waals surface area contributed by atoms with Crippen LogP contribution in [-0.2, 0) is 19.4 Å². The van der Waals surface area contributed by atoms with Crippen molar-refractivity contribution in [2.75, 3.05) is 6.54 Å². The van der Waals surface area contributed by atoms with E-state index >= 15 is 0 Å². The van der Waals surface area contributed by atoms with E-state index in [4.69, 9.17) is 10.2 Å². The van der Waals surface area contributed by atoms with Crippen molar-refractivity contribution in [2.24, 2.45) is 5.73 Å². The second-order valence-corrected chi connectivity index (χ2v) is 6.13. The number of hydrogen-bond donors (Lipinski definition) is 1. The maximum absolute atomic E-state index is 12.9. The van der Waals surface area contributed by atoms with Crippen LogP contribution in [0.2, 0.25) is 0 Å². The van der Waals surface area contributed by atoms with E-state index in [0.717, 1.165) is 32.2 Å². The van der Waals surface area contributed by atoms with Gasteiger partial charge in [-0.05, 0) is 48.9 Å². The van der Waals surface area contributed by atoms with E-state index in [1.807, 2.05) is 4.90 Å². The van der Waals surface area contributed by atoms with Crippen molar-refractivity contribution >= 4 is 5.91 Å². The van der Waals surface area contributed by atoms with Gasteiger partial charge in [0, 0.05) is 12.6 Å². The van der Waals surface area contributed by atoms with Crippen LogP contribution in [0.3, 0.4) is 0 Å². The molecule has 1 aromatic heterocycles. The SMILES string of the molecule is CCCN(C(=O)c1ccc(CN)o1)[C@H]1CCc2ccccc2C1. The summed E-state index contributed by atoms with van der Waals surface area (Å²) in [6, 6.07) is 12.3. The summed E-state index contributed by atoms with van der Waals surface area (Å²) in [5.41, 5.74) is 8.35.